The number of hydrogen-bond donors (Lipinski definition) is 1. The summed E-state index contributed by atoms with van der Waals surface area (Å²) in [6.45, 7) is 9.03. The van der Waals surface area contributed by atoms with Gasteiger partial charge in [-0.3, -0.25) is 4.99 Å². The van der Waals surface area contributed by atoms with Gasteiger partial charge < -0.3 is 9.73 Å². The molecule has 0 aliphatic carbocycles. The maximum atomic E-state index is 5.37. The highest BCUT2D eigenvalue weighted by atomic mass is 32.2. The van der Waals surface area contributed by atoms with Crippen LogP contribution in [0, 0.1) is 5.41 Å². The molecule has 1 aromatic rings. The minimum atomic E-state index is 0.255. The summed E-state index contributed by atoms with van der Waals surface area (Å²) in [4.78, 5) is 4.88. The number of nitrogens with zero attached hydrogens (tertiary/aromatic N) is 1. The summed E-state index contributed by atoms with van der Waals surface area (Å²) in [5.74, 6) is 2.23. The number of hydrogen-bond acceptors (Lipinski definition) is 4. The molecule has 1 N–H and O–H groups in total. The third-order valence-corrected chi connectivity index (χ3v) is 4.61. The van der Waals surface area contributed by atoms with E-state index in [4.69, 9.17) is 9.41 Å². The summed E-state index contributed by atoms with van der Waals surface area (Å²) >= 11 is 1.85. The summed E-state index contributed by atoms with van der Waals surface area (Å²) < 4.78 is 5.37. The van der Waals surface area contributed by atoms with Crippen molar-refractivity contribution in [2.45, 2.75) is 59.0 Å². The van der Waals surface area contributed by atoms with Crippen LogP contribution in [-0.4, -0.2) is 23.0 Å². The van der Waals surface area contributed by atoms with Gasteiger partial charge in [-0.25, -0.2) is 0 Å². The second kappa shape index (κ2) is 6.70. The average molecular weight is 294 g/mol. The van der Waals surface area contributed by atoms with Crippen LogP contribution in [0.25, 0.3) is 0 Å². The van der Waals surface area contributed by atoms with E-state index < -0.39 is 0 Å². The first-order valence-electron chi connectivity index (χ1n) is 7.44. The van der Waals surface area contributed by atoms with Crippen LogP contribution in [0.1, 0.15) is 46.3 Å². The van der Waals surface area contributed by atoms with Crippen molar-refractivity contribution < 1.29 is 4.42 Å². The maximum Gasteiger partial charge on any atom is 0.157 e. The maximum absolute atomic E-state index is 5.37. The number of furan rings is 1. The fourth-order valence-corrected chi connectivity index (χ4v) is 3.33. The predicted octanol–water partition coefficient (Wildman–Crippen LogP) is 4.10. The SMILES string of the molecule is CC(CCc1ccco1)NC1=NC(C(C)(C)C)CCS1. The van der Waals surface area contributed by atoms with Crippen LogP contribution in [0.4, 0.5) is 0 Å². The molecule has 2 heterocycles. The molecule has 0 fully saturated rings. The van der Waals surface area contributed by atoms with Gasteiger partial charge in [-0.1, -0.05) is 32.5 Å². The van der Waals surface area contributed by atoms with Gasteiger partial charge in [-0.2, -0.15) is 0 Å². The van der Waals surface area contributed by atoms with Gasteiger partial charge in [0.15, 0.2) is 5.17 Å². The molecular weight excluding hydrogens is 268 g/mol. The predicted molar refractivity (Wildman–Crippen MR) is 87.4 cm³/mol. The second-order valence-electron chi connectivity index (χ2n) is 6.62. The fraction of sp³-hybridized carbons (Fsp3) is 0.688. The van der Waals surface area contributed by atoms with E-state index in [0.29, 0.717) is 12.1 Å². The minimum absolute atomic E-state index is 0.255. The molecule has 0 aromatic carbocycles. The van der Waals surface area contributed by atoms with E-state index in [9.17, 15) is 0 Å². The van der Waals surface area contributed by atoms with E-state index in [2.05, 4.69) is 33.0 Å². The monoisotopic (exact) mass is 294 g/mol. The Hall–Kier alpha value is -0.900. The standard InChI is InChI=1S/C16H26N2OS/c1-12(7-8-13-6-5-10-19-13)17-15-18-14(9-11-20-15)16(2,3)4/h5-6,10,12,14H,7-9,11H2,1-4H3,(H,17,18). The largest absolute Gasteiger partial charge is 0.469 e. The Balaban J connectivity index is 1.84. The summed E-state index contributed by atoms with van der Waals surface area (Å²) in [5.41, 5.74) is 0.255. The molecule has 3 nitrogen and oxygen atoms in total. The van der Waals surface area contributed by atoms with Crippen molar-refractivity contribution in [3.63, 3.8) is 0 Å². The zero-order valence-corrected chi connectivity index (χ0v) is 13.8. The molecule has 2 atom stereocenters. The van der Waals surface area contributed by atoms with Crippen LogP contribution < -0.4 is 5.32 Å². The molecule has 0 bridgehead atoms. The van der Waals surface area contributed by atoms with E-state index in [1.54, 1.807) is 6.26 Å². The van der Waals surface area contributed by atoms with Crippen molar-refractivity contribution in [3.05, 3.63) is 24.2 Å². The van der Waals surface area contributed by atoms with Crippen LogP contribution in [0.5, 0.6) is 0 Å². The summed E-state index contributed by atoms with van der Waals surface area (Å²) in [6.07, 6.45) is 4.96. The van der Waals surface area contributed by atoms with E-state index in [0.717, 1.165) is 23.8 Å². The Kier molecular flexibility index (Phi) is 5.19. The van der Waals surface area contributed by atoms with Crippen molar-refractivity contribution in [2.24, 2.45) is 10.4 Å². The zero-order chi connectivity index (χ0) is 14.6. The lowest BCUT2D eigenvalue weighted by Crippen LogP contribution is -2.37. The second-order valence-corrected chi connectivity index (χ2v) is 7.70. The number of rotatable bonds is 4. The first-order chi connectivity index (χ1) is 9.45. The van der Waals surface area contributed by atoms with Crippen molar-refractivity contribution >= 4 is 16.9 Å². The molecular formula is C16H26N2OS. The van der Waals surface area contributed by atoms with Crippen LogP contribution in [-0.2, 0) is 6.42 Å². The number of aliphatic imine (C=N–C) groups is 1. The van der Waals surface area contributed by atoms with Crippen molar-refractivity contribution in [1.82, 2.24) is 5.32 Å². The topological polar surface area (TPSA) is 37.5 Å². The van der Waals surface area contributed by atoms with Gasteiger partial charge in [0.2, 0.25) is 0 Å². The number of aryl methyl sites for hydroxylation is 1. The molecule has 0 radical (unpaired) electrons. The van der Waals surface area contributed by atoms with E-state index in [-0.39, 0.29) is 5.41 Å². The van der Waals surface area contributed by atoms with Crippen LogP contribution in [0.3, 0.4) is 0 Å². The van der Waals surface area contributed by atoms with Crippen molar-refractivity contribution in [1.29, 1.82) is 0 Å². The molecule has 4 heteroatoms. The summed E-state index contributed by atoms with van der Waals surface area (Å²) in [5, 5.41) is 4.67. The van der Waals surface area contributed by atoms with E-state index in [1.165, 1.54) is 12.2 Å². The lowest BCUT2D eigenvalue weighted by molar-refractivity contribution is 0.315. The first-order valence-corrected chi connectivity index (χ1v) is 8.43. The van der Waals surface area contributed by atoms with E-state index in [1.807, 2.05) is 23.9 Å². The zero-order valence-electron chi connectivity index (χ0n) is 13.0. The highest BCUT2D eigenvalue weighted by Gasteiger charge is 2.27. The Morgan fingerprint density at radius 3 is 2.95 bits per heavy atom. The number of thioether (sulfide) groups is 1. The first kappa shape index (κ1) is 15.5. The highest BCUT2D eigenvalue weighted by Crippen LogP contribution is 2.30. The quantitative estimate of drug-likeness (QED) is 0.908. The highest BCUT2D eigenvalue weighted by molar-refractivity contribution is 8.13. The Morgan fingerprint density at radius 1 is 1.50 bits per heavy atom. The van der Waals surface area contributed by atoms with Crippen LogP contribution in [0.2, 0.25) is 0 Å². The van der Waals surface area contributed by atoms with Gasteiger partial charge in [0, 0.05) is 18.2 Å². The molecule has 0 saturated carbocycles. The Morgan fingerprint density at radius 2 is 2.30 bits per heavy atom. The van der Waals surface area contributed by atoms with Crippen molar-refractivity contribution in [2.75, 3.05) is 5.75 Å². The van der Waals surface area contributed by atoms with Gasteiger partial charge in [-0.05, 0) is 37.3 Å². The average Bonchev–Trinajstić information content (AvgIpc) is 2.89. The summed E-state index contributed by atoms with van der Waals surface area (Å²) in [6, 6.07) is 4.84. The molecule has 2 rings (SSSR count). The van der Waals surface area contributed by atoms with Crippen LogP contribution >= 0.6 is 11.8 Å². The molecule has 1 aliphatic rings. The van der Waals surface area contributed by atoms with Gasteiger partial charge in [-0.15, -0.1) is 0 Å². The molecule has 2 unspecified atom stereocenters. The van der Waals surface area contributed by atoms with Gasteiger partial charge >= 0.3 is 0 Å². The smallest absolute Gasteiger partial charge is 0.157 e. The van der Waals surface area contributed by atoms with Crippen molar-refractivity contribution in [3.8, 4) is 0 Å². The fourth-order valence-electron chi connectivity index (χ4n) is 2.31. The lowest BCUT2D eigenvalue weighted by atomic mass is 9.85. The van der Waals surface area contributed by atoms with Crippen LogP contribution in [0.15, 0.2) is 27.8 Å². The Labute approximate surface area is 126 Å². The molecule has 0 saturated heterocycles. The number of nitrogens with one attached hydrogen (secondary N) is 1. The molecule has 0 spiro atoms. The number of amidine groups is 1. The summed E-state index contributed by atoms with van der Waals surface area (Å²) in [7, 11) is 0. The lowest BCUT2D eigenvalue weighted by Gasteiger charge is -2.31. The minimum Gasteiger partial charge on any atom is -0.469 e. The third kappa shape index (κ3) is 4.58. The normalized spacial score (nSPS) is 21.4. The van der Waals surface area contributed by atoms with Gasteiger partial charge in [0.05, 0.1) is 12.3 Å². The molecule has 112 valence electrons. The molecule has 0 amide bonds. The van der Waals surface area contributed by atoms with E-state index >= 15 is 0 Å². The van der Waals surface area contributed by atoms with Gasteiger partial charge in [0.1, 0.15) is 5.76 Å². The molecule has 20 heavy (non-hydrogen) atoms. The third-order valence-electron chi connectivity index (χ3n) is 3.68. The van der Waals surface area contributed by atoms with Gasteiger partial charge in [0.25, 0.3) is 0 Å². The Bertz CT molecular complexity index is 434. The molecule has 1 aromatic heterocycles. The molecule has 1 aliphatic heterocycles.